The van der Waals surface area contributed by atoms with Crippen molar-refractivity contribution in [3.63, 3.8) is 0 Å². The highest BCUT2D eigenvalue weighted by atomic mass is 32.2. The lowest BCUT2D eigenvalue weighted by atomic mass is 10.1. The molecule has 6 nitrogen and oxygen atoms in total. The van der Waals surface area contributed by atoms with E-state index in [9.17, 15) is 13.2 Å². The van der Waals surface area contributed by atoms with E-state index in [0.717, 1.165) is 21.7 Å². The van der Waals surface area contributed by atoms with Gasteiger partial charge < -0.3 is 10.1 Å². The molecule has 0 aromatic heterocycles. The third-order valence-corrected chi connectivity index (χ3v) is 5.37. The molecule has 146 valence electrons. The molecule has 7 heteroatoms. The first-order valence-electron chi connectivity index (χ1n) is 8.74. The maximum atomic E-state index is 12.7. The molecule has 1 amide bonds. The van der Waals surface area contributed by atoms with E-state index in [1.54, 1.807) is 31.2 Å². The molecule has 0 aliphatic rings. The molecule has 0 heterocycles. The number of aryl methyl sites for hydroxylation is 2. The predicted molar refractivity (Wildman–Crippen MR) is 109 cm³/mol. The first-order valence-corrected chi connectivity index (χ1v) is 10.6. The molecule has 0 fully saturated rings. The van der Waals surface area contributed by atoms with Crippen LogP contribution in [0, 0.1) is 13.8 Å². The molecule has 1 N–H and O–H groups in total. The van der Waals surface area contributed by atoms with E-state index in [0.29, 0.717) is 23.7 Å². The number of hydrogen-bond acceptors (Lipinski definition) is 4. The van der Waals surface area contributed by atoms with E-state index in [1.165, 1.54) is 0 Å². The van der Waals surface area contributed by atoms with Gasteiger partial charge in [-0.15, -0.1) is 0 Å². The van der Waals surface area contributed by atoms with Gasteiger partial charge in [-0.05, 0) is 63.6 Å². The van der Waals surface area contributed by atoms with Crippen LogP contribution in [0.3, 0.4) is 0 Å². The molecular weight excluding hydrogens is 364 g/mol. The molecule has 0 aliphatic heterocycles. The van der Waals surface area contributed by atoms with Gasteiger partial charge in [-0.25, -0.2) is 8.42 Å². The summed E-state index contributed by atoms with van der Waals surface area (Å²) in [7, 11) is -3.66. The lowest BCUT2D eigenvalue weighted by Crippen LogP contribution is -2.45. The van der Waals surface area contributed by atoms with Gasteiger partial charge in [-0.3, -0.25) is 9.10 Å². The van der Waals surface area contributed by atoms with Crippen molar-refractivity contribution in [3.8, 4) is 5.75 Å². The molecule has 0 aliphatic carbocycles. The summed E-state index contributed by atoms with van der Waals surface area (Å²) in [6, 6.07) is 11.4. The molecule has 2 aromatic carbocycles. The number of benzene rings is 2. The summed E-state index contributed by atoms with van der Waals surface area (Å²) in [5.41, 5.74) is 3.08. The summed E-state index contributed by atoms with van der Waals surface area (Å²) in [4.78, 5) is 12.7. The van der Waals surface area contributed by atoms with Crippen LogP contribution in [0.15, 0.2) is 42.5 Å². The number of anilines is 2. The highest BCUT2D eigenvalue weighted by Gasteiger charge is 2.29. The van der Waals surface area contributed by atoms with E-state index in [2.05, 4.69) is 5.32 Å². The fourth-order valence-corrected chi connectivity index (χ4v) is 4.03. The van der Waals surface area contributed by atoms with Gasteiger partial charge in [0.15, 0.2) is 0 Å². The normalized spacial score (nSPS) is 12.3. The second-order valence-electron chi connectivity index (χ2n) is 6.47. The number of carbonyl (C=O) groups is 1. The molecular formula is C20H26N2O4S. The Morgan fingerprint density at radius 1 is 1.15 bits per heavy atom. The van der Waals surface area contributed by atoms with Gasteiger partial charge in [-0.1, -0.05) is 17.7 Å². The summed E-state index contributed by atoms with van der Waals surface area (Å²) in [5, 5.41) is 2.82. The number of hydrogen-bond donors (Lipinski definition) is 1. The number of rotatable bonds is 7. The molecule has 2 rings (SSSR count). The molecule has 27 heavy (non-hydrogen) atoms. The summed E-state index contributed by atoms with van der Waals surface area (Å²) in [6.45, 7) is 7.82. The largest absolute Gasteiger partial charge is 0.494 e. The summed E-state index contributed by atoms with van der Waals surface area (Å²) in [5.74, 6) is 0.239. The molecule has 2 aromatic rings. The second-order valence-corrected chi connectivity index (χ2v) is 8.33. The third kappa shape index (κ3) is 5.23. The Morgan fingerprint density at radius 2 is 1.78 bits per heavy atom. The lowest BCUT2D eigenvalue weighted by Gasteiger charge is -2.28. The number of sulfonamides is 1. The number of carbonyl (C=O) groups excluding carboxylic acids is 1. The van der Waals surface area contributed by atoms with Crippen molar-refractivity contribution >= 4 is 27.3 Å². The zero-order chi connectivity index (χ0) is 20.2. The number of amides is 1. The SMILES string of the molecule is CCOc1ccc(N([C@H](C)C(=O)Nc2ccc(C)cc2C)S(C)(=O)=O)cc1. The maximum Gasteiger partial charge on any atom is 0.248 e. The van der Waals surface area contributed by atoms with Gasteiger partial charge in [-0.2, -0.15) is 0 Å². The maximum absolute atomic E-state index is 12.7. The Morgan fingerprint density at radius 3 is 2.30 bits per heavy atom. The van der Waals surface area contributed by atoms with Crippen molar-refractivity contribution in [3.05, 3.63) is 53.6 Å². The van der Waals surface area contributed by atoms with Crippen LogP contribution in [0.1, 0.15) is 25.0 Å². The average molecular weight is 391 g/mol. The first-order chi connectivity index (χ1) is 12.6. The van der Waals surface area contributed by atoms with Crippen LogP contribution in [0.25, 0.3) is 0 Å². The van der Waals surface area contributed by atoms with E-state index >= 15 is 0 Å². The van der Waals surface area contributed by atoms with E-state index < -0.39 is 22.0 Å². The monoisotopic (exact) mass is 390 g/mol. The lowest BCUT2D eigenvalue weighted by molar-refractivity contribution is -0.116. The minimum Gasteiger partial charge on any atom is -0.494 e. The highest BCUT2D eigenvalue weighted by Crippen LogP contribution is 2.25. The summed E-state index contributed by atoms with van der Waals surface area (Å²) >= 11 is 0. The van der Waals surface area contributed by atoms with Gasteiger partial charge in [0.1, 0.15) is 11.8 Å². The van der Waals surface area contributed by atoms with Gasteiger partial charge in [0.2, 0.25) is 15.9 Å². The van der Waals surface area contributed by atoms with Gasteiger partial charge in [0.25, 0.3) is 0 Å². The number of ether oxygens (including phenoxy) is 1. The molecule has 0 unspecified atom stereocenters. The molecule has 0 radical (unpaired) electrons. The molecule has 0 saturated heterocycles. The van der Waals surface area contributed by atoms with Crippen molar-refractivity contribution in [2.45, 2.75) is 33.7 Å². The van der Waals surface area contributed by atoms with Crippen LogP contribution < -0.4 is 14.4 Å². The van der Waals surface area contributed by atoms with Crippen molar-refractivity contribution in [2.24, 2.45) is 0 Å². The Bertz CT molecular complexity index is 908. The van der Waals surface area contributed by atoms with Crippen LogP contribution >= 0.6 is 0 Å². The van der Waals surface area contributed by atoms with E-state index in [1.807, 2.05) is 39.0 Å². The minimum atomic E-state index is -3.66. The Labute approximate surface area is 161 Å². The van der Waals surface area contributed by atoms with Crippen LogP contribution in [-0.2, 0) is 14.8 Å². The fraction of sp³-hybridized carbons (Fsp3) is 0.350. The van der Waals surface area contributed by atoms with Crippen molar-refractivity contribution in [1.82, 2.24) is 0 Å². The number of nitrogens with zero attached hydrogens (tertiary/aromatic N) is 1. The van der Waals surface area contributed by atoms with Crippen LogP contribution in [0.2, 0.25) is 0 Å². The minimum absolute atomic E-state index is 0.402. The van der Waals surface area contributed by atoms with E-state index in [4.69, 9.17) is 4.74 Å². The first kappa shape index (κ1) is 20.8. The topological polar surface area (TPSA) is 75.7 Å². The molecule has 1 atom stereocenters. The van der Waals surface area contributed by atoms with Crippen molar-refractivity contribution in [1.29, 1.82) is 0 Å². The Hall–Kier alpha value is -2.54. The van der Waals surface area contributed by atoms with Crippen LogP contribution in [0.4, 0.5) is 11.4 Å². The van der Waals surface area contributed by atoms with E-state index in [-0.39, 0.29) is 0 Å². The zero-order valence-electron chi connectivity index (χ0n) is 16.3. The van der Waals surface area contributed by atoms with Gasteiger partial charge in [0.05, 0.1) is 18.6 Å². The average Bonchev–Trinajstić information content (AvgIpc) is 2.58. The van der Waals surface area contributed by atoms with Crippen molar-refractivity contribution in [2.75, 3.05) is 22.5 Å². The summed E-state index contributed by atoms with van der Waals surface area (Å²) in [6.07, 6.45) is 1.09. The third-order valence-electron chi connectivity index (χ3n) is 4.13. The summed E-state index contributed by atoms with van der Waals surface area (Å²) < 4.78 is 31.2. The molecule has 0 spiro atoms. The predicted octanol–water partition coefficient (Wildman–Crippen LogP) is 3.50. The Kier molecular flexibility index (Phi) is 6.49. The fourth-order valence-electron chi connectivity index (χ4n) is 2.86. The van der Waals surface area contributed by atoms with Crippen LogP contribution in [-0.4, -0.2) is 33.2 Å². The highest BCUT2D eigenvalue weighted by molar-refractivity contribution is 7.92. The molecule has 0 bridgehead atoms. The van der Waals surface area contributed by atoms with Crippen LogP contribution in [0.5, 0.6) is 5.75 Å². The second kappa shape index (κ2) is 8.43. The quantitative estimate of drug-likeness (QED) is 0.785. The van der Waals surface area contributed by atoms with Crippen molar-refractivity contribution < 1.29 is 17.9 Å². The zero-order valence-corrected chi connectivity index (χ0v) is 17.1. The van der Waals surface area contributed by atoms with Gasteiger partial charge >= 0.3 is 0 Å². The Balaban J connectivity index is 2.28. The smallest absolute Gasteiger partial charge is 0.248 e. The molecule has 0 saturated carbocycles. The standard InChI is InChI=1S/C20H26N2O4S/c1-6-26-18-10-8-17(9-11-18)22(27(5,24)25)16(4)20(23)21-19-12-7-14(2)13-15(19)3/h7-13,16H,6H2,1-5H3,(H,21,23)/t16-/m1/s1. The van der Waals surface area contributed by atoms with Gasteiger partial charge in [0, 0.05) is 5.69 Å². The number of nitrogens with one attached hydrogen (secondary N) is 1.